The van der Waals surface area contributed by atoms with Gasteiger partial charge in [-0.2, -0.15) is 5.10 Å². The summed E-state index contributed by atoms with van der Waals surface area (Å²) in [5.74, 6) is 0.310. The Morgan fingerprint density at radius 1 is 1.20 bits per heavy atom. The lowest BCUT2D eigenvalue weighted by Gasteiger charge is -2.09. The first-order valence-corrected chi connectivity index (χ1v) is 8.21. The van der Waals surface area contributed by atoms with Gasteiger partial charge >= 0.3 is 0 Å². The number of nitrogens with zero attached hydrogens (tertiary/aromatic N) is 2. The van der Waals surface area contributed by atoms with Crippen LogP contribution < -0.4 is 5.48 Å². The topological polar surface area (TPSA) is 71.9 Å². The van der Waals surface area contributed by atoms with Crippen LogP contribution in [0, 0.1) is 11.7 Å². The molecule has 25 heavy (non-hydrogen) atoms. The molecular formula is C18H18N4O2S. The first kappa shape index (κ1) is 17.1. The average Bonchev–Trinajstić information content (AvgIpc) is 2.97. The molecule has 6 nitrogen and oxygen atoms in total. The molecule has 3 aromatic rings. The van der Waals surface area contributed by atoms with E-state index in [9.17, 15) is 4.79 Å². The van der Waals surface area contributed by atoms with E-state index in [0.717, 1.165) is 16.7 Å². The number of rotatable bonds is 6. The molecular weight excluding hydrogens is 336 g/mol. The number of hydrogen-bond acceptors (Lipinski definition) is 4. The number of H-pyrrole nitrogens is 1. The van der Waals surface area contributed by atoms with E-state index in [1.54, 1.807) is 4.57 Å². The van der Waals surface area contributed by atoms with E-state index in [4.69, 9.17) is 17.1 Å². The Bertz CT molecular complexity index is 901. The second-order valence-electron chi connectivity index (χ2n) is 5.60. The Labute approximate surface area is 150 Å². The number of benzene rings is 2. The summed E-state index contributed by atoms with van der Waals surface area (Å²) < 4.78 is 2.02. The summed E-state index contributed by atoms with van der Waals surface area (Å²) in [7, 11) is 0. The van der Waals surface area contributed by atoms with Crippen LogP contribution >= 0.6 is 12.2 Å². The summed E-state index contributed by atoms with van der Waals surface area (Å²) in [5.41, 5.74) is 5.45. The number of aromatic nitrogens is 3. The number of aryl methyl sites for hydroxylation is 1. The van der Waals surface area contributed by atoms with Gasteiger partial charge in [0, 0.05) is 5.56 Å². The predicted molar refractivity (Wildman–Crippen MR) is 97.0 cm³/mol. The molecule has 0 unspecified atom stereocenters. The molecule has 0 aliphatic heterocycles. The molecule has 0 aliphatic rings. The van der Waals surface area contributed by atoms with Gasteiger partial charge in [0.05, 0.1) is 6.61 Å². The zero-order valence-electron chi connectivity index (χ0n) is 13.7. The summed E-state index contributed by atoms with van der Waals surface area (Å²) in [4.78, 5) is 17.4. The van der Waals surface area contributed by atoms with Gasteiger partial charge in [0.25, 0.3) is 5.91 Å². The number of hydrogen-bond donors (Lipinski definition) is 2. The summed E-state index contributed by atoms with van der Waals surface area (Å²) in [5, 5.41) is 6.95. The molecule has 0 spiro atoms. The third-order valence-electron chi connectivity index (χ3n) is 3.64. The molecule has 1 heterocycles. The fourth-order valence-corrected chi connectivity index (χ4v) is 2.53. The molecule has 128 valence electrons. The van der Waals surface area contributed by atoms with Crippen molar-refractivity contribution < 1.29 is 9.63 Å². The molecule has 3 rings (SSSR count). The van der Waals surface area contributed by atoms with Gasteiger partial charge in [-0.25, -0.2) is 5.48 Å². The number of carbonyl (C=O) groups is 1. The van der Waals surface area contributed by atoms with Gasteiger partial charge in [0.2, 0.25) is 0 Å². The van der Waals surface area contributed by atoms with E-state index in [2.05, 4.69) is 15.7 Å². The van der Waals surface area contributed by atoms with Gasteiger partial charge in [0.15, 0.2) is 10.6 Å². The normalized spacial score (nSPS) is 10.6. The van der Waals surface area contributed by atoms with Crippen molar-refractivity contribution in [3.63, 3.8) is 0 Å². The largest absolute Gasteiger partial charge is 0.291 e. The minimum atomic E-state index is -0.304. The Morgan fingerprint density at radius 2 is 1.92 bits per heavy atom. The summed E-state index contributed by atoms with van der Waals surface area (Å²) >= 11 is 5.23. The monoisotopic (exact) mass is 354 g/mol. The molecule has 0 fully saturated rings. The maximum Gasteiger partial charge on any atom is 0.263 e. The van der Waals surface area contributed by atoms with Gasteiger partial charge in [-0.3, -0.25) is 19.3 Å². The van der Waals surface area contributed by atoms with Crippen LogP contribution in [0.5, 0.6) is 0 Å². The average molecular weight is 354 g/mol. The second kappa shape index (κ2) is 7.87. The lowest BCUT2D eigenvalue weighted by molar-refractivity contribution is -0.135. The Hall–Kier alpha value is -2.77. The highest BCUT2D eigenvalue weighted by molar-refractivity contribution is 7.71. The third-order valence-corrected chi connectivity index (χ3v) is 3.95. The highest BCUT2D eigenvalue weighted by Crippen LogP contribution is 2.17. The highest BCUT2D eigenvalue weighted by Gasteiger charge is 2.12. The maximum atomic E-state index is 12.1. The first-order chi connectivity index (χ1) is 12.1. The van der Waals surface area contributed by atoms with Crippen LogP contribution in [0.1, 0.15) is 11.1 Å². The van der Waals surface area contributed by atoms with Crippen LogP contribution in [0.15, 0.2) is 54.6 Å². The first-order valence-electron chi connectivity index (χ1n) is 7.80. The molecule has 1 aromatic heterocycles. The van der Waals surface area contributed by atoms with E-state index < -0.39 is 0 Å². The molecule has 1 amide bonds. The summed E-state index contributed by atoms with van der Waals surface area (Å²) in [6, 6.07) is 17.5. The lowest BCUT2D eigenvalue weighted by Crippen LogP contribution is -2.28. The van der Waals surface area contributed by atoms with Crippen molar-refractivity contribution in [2.45, 2.75) is 20.1 Å². The van der Waals surface area contributed by atoms with E-state index in [1.165, 1.54) is 0 Å². The Balaban J connectivity index is 1.64. The molecule has 0 saturated carbocycles. The van der Waals surface area contributed by atoms with Crippen LogP contribution in [0.25, 0.3) is 11.4 Å². The maximum absolute atomic E-state index is 12.1. The van der Waals surface area contributed by atoms with Crippen LogP contribution in [0.4, 0.5) is 0 Å². The molecule has 2 aromatic carbocycles. The summed E-state index contributed by atoms with van der Waals surface area (Å²) in [6.45, 7) is 2.33. The standard InChI is InChI=1S/C18H18N4O2S/c1-13-7-9-15(10-8-13)17-19-20-18(25)22(17)11-16(23)21-24-12-14-5-3-2-4-6-14/h2-10H,11-12H2,1H3,(H,20,25)(H,21,23). The smallest absolute Gasteiger partial charge is 0.263 e. The molecule has 7 heteroatoms. The fraction of sp³-hybridized carbons (Fsp3) is 0.167. The van der Waals surface area contributed by atoms with Gasteiger partial charge in [0.1, 0.15) is 6.54 Å². The zero-order valence-corrected chi connectivity index (χ0v) is 14.5. The van der Waals surface area contributed by atoms with E-state index >= 15 is 0 Å². The van der Waals surface area contributed by atoms with Gasteiger partial charge in [-0.1, -0.05) is 60.2 Å². The summed E-state index contributed by atoms with van der Waals surface area (Å²) in [6.07, 6.45) is 0. The molecule has 0 radical (unpaired) electrons. The number of carbonyl (C=O) groups excluding carboxylic acids is 1. The van der Waals surface area contributed by atoms with Crippen molar-refractivity contribution in [3.8, 4) is 11.4 Å². The predicted octanol–water partition coefficient (Wildman–Crippen LogP) is 3.16. The van der Waals surface area contributed by atoms with Crippen molar-refractivity contribution >= 4 is 18.1 Å². The molecule has 0 bridgehead atoms. The van der Waals surface area contributed by atoms with Crippen molar-refractivity contribution in [1.29, 1.82) is 0 Å². The zero-order chi connectivity index (χ0) is 17.6. The van der Waals surface area contributed by atoms with Crippen molar-refractivity contribution in [2.24, 2.45) is 0 Å². The minimum Gasteiger partial charge on any atom is -0.291 e. The Morgan fingerprint density at radius 3 is 2.64 bits per heavy atom. The highest BCUT2D eigenvalue weighted by atomic mass is 32.1. The molecule has 0 aliphatic carbocycles. The van der Waals surface area contributed by atoms with E-state index in [1.807, 2.05) is 61.5 Å². The van der Waals surface area contributed by atoms with Crippen LogP contribution in [-0.2, 0) is 22.8 Å². The molecule has 0 atom stereocenters. The minimum absolute atomic E-state index is 0.0212. The van der Waals surface area contributed by atoms with Gasteiger partial charge < -0.3 is 0 Å². The van der Waals surface area contributed by atoms with Gasteiger partial charge in [-0.05, 0) is 24.7 Å². The number of aromatic amines is 1. The Kier molecular flexibility index (Phi) is 5.37. The van der Waals surface area contributed by atoms with Crippen LogP contribution in [0.3, 0.4) is 0 Å². The van der Waals surface area contributed by atoms with Crippen molar-refractivity contribution in [3.05, 3.63) is 70.5 Å². The van der Waals surface area contributed by atoms with E-state index in [-0.39, 0.29) is 12.5 Å². The van der Waals surface area contributed by atoms with E-state index in [0.29, 0.717) is 17.2 Å². The lowest BCUT2D eigenvalue weighted by atomic mass is 10.1. The van der Waals surface area contributed by atoms with Gasteiger partial charge in [-0.15, -0.1) is 0 Å². The number of hydroxylamine groups is 1. The van der Waals surface area contributed by atoms with Crippen molar-refractivity contribution in [2.75, 3.05) is 0 Å². The quantitative estimate of drug-likeness (QED) is 0.527. The number of nitrogens with one attached hydrogen (secondary N) is 2. The SMILES string of the molecule is Cc1ccc(-c2n[nH]c(=S)n2CC(=O)NOCc2ccccc2)cc1. The number of amides is 1. The third kappa shape index (κ3) is 4.40. The van der Waals surface area contributed by atoms with Crippen LogP contribution in [0.2, 0.25) is 0 Å². The van der Waals surface area contributed by atoms with Crippen LogP contribution in [-0.4, -0.2) is 20.7 Å². The van der Waals surface area contributed by atoms with Crippen molar-refractivity contribution in [1.82, 2.24) is 20.2 Å². The second-order valence-corrected chi connectivity index (χ2v) is 5.99. The fourth-order valence-electron chi connectivity index (χ4n) is 2.34. The molecule has 2 N–H and O–H groups in total. The molecule has 0 saturated heterocycles.